The highest BCUT2D eigenvalue weighted by Crippen LogP contribution is 2.19. The largest absolute Gasteiger partial charge is 0.312 e. The number of aryl methyl sites for hydroxylation is 1. The number of halogens is 1. The van der Waals surface area contributed by atoms with Crippen LogP contribution in [0.25, 0.3) is 5.82 Å². The first-order valence-electron chi connectivity index (χ1n) is 7.29. The van der Waals surface area contributed by atoms with Crippen molar-refractivity contribution in [1.29, 1.82) is 0 Å². The van der Waals surface area contributed by atoms with E-state index in [0.29, 0.717) is 18.0 Å². The van der Waals surface area contributed by atoms with Crippen molar-refractivity contribution in [3.05, 3.63) is 40.6 Å². The summed E-state index contributed by atoms with van der Waals surface area (Å²) in [6.07, 6.45) is 1.64. The van der Waals surface area contributed by atoms with E-state index in [2.05, 4.69) is 29.2 Å². The highest BCUT2D eigenvalue weighted by molar-refractivity contribution is 5.35. The molecule has 0 atom stereocenters. The molecule has 4 nitrogen and oxygen atoms in total. The van der Waals surface area contributed by atoms with Crippen molar-refractivity contribution in [3.8, 4) is 5.82 Å². The predicted octanol–water partition coefficient (Wildman–Crippen LogP) is 3.08. The topological polar surface area (TPSA) is 42.7 Å². The normalized spacial score (nSPS) is 11.4. The lowest BCUT2D eigenvalue weighted by atomic mass is 10.2. The molecular weight excluding hydrogens is 267 g/mol. The molecule has 2 aromatic rings. The SMILES string of the molecule is Cc1nn(-c2nccc(CNCC(C)C)c2F)c(C)c1C. The average molecular weight is 290 g/mol. The van der Waals surface area contributed by atoms with Gasteiger partial charge < -0.3 is 5.32 Å². The number of pyridine rings is 1. The van der Waals surface area contributed by atoms with Gasteiger partial charge in [0.05, 0.1) is 5.69 Å². The Bertz CT molecular complexity index is 631. The lowest BCUT2D eigenvalue weighted by molar-refractivity contribution is 0.528. The van der Waals surface area contributed by atoms with E-state index >= 15 is 0 Å². The van der Waals surface area contributed by atoms with Gasteiger partial charge in [-0.1, -0.05) is 13.8 Å². The van der Waals surface area contributed by atoms with E-state index in [1.807, 2.05) is 20.8 Å². The monoisotopic (exact) mass is 290 g/mol. The van der Waals surface area contributed by atoms with Gasteiger partial charge in [-0.3, -0.25) is 0 Å². The van der Waals surface area contributed by atoms with E-state index in [0.717, 1.165) is 23.5 Å². The van der Waals surface area contributed by atoms with Crippen LogP contribution in [-0.2, 0) is 6.54 Å². The molecule has 0 aliphatic carbocycles. The van der Waals surface area contributed by atoms with Crippen LogP contribution in [0.1, 0.15) is 36.4 Å². The molecule has 114 valence electrons. The fourth-order valence-electron chi connectivity index (χ4n) is 2.18. The minimum Gasteiger partial charge on any atom is -0.312 e. The van der Waals surface area contributed by atoms with E-state index in [4.69, 9.17) is 0 Å². The fraction of sp³-hybridized carbons (Fsp3) is 0.500. The first kappa shape index (κ1) is 15.6. The van der Waals surface area contributed by atoms with E-state index in [-0.39, 0.29) is 11.6 Å². The molecule has 0 aliphatic heterocycles. The maximum Gasteiger partial charge on any atom is 0.190 e. The number of nitrogens with zero attached hydrogens (tertiary/aromatic N) is 3. The number of aromatic nitrogens is 3. The Kier molecular flexibility index (Phi) is 4.73. The first-order valence-corrected chi connectivity index (χ1v) is 7.29. The van der Waals surface area contributed by atoms with Crippen molar-refractivity contribution in [3.63, 3.8) is 0 Å². The summed E-state index contributed by atoms with van der Waals surface area (Å²) < 4.78 is 16.2. The Labute approximate surface area is 125 Å². The molecule has 0 amide bonds. The predicted molar refractivity (Wildman–Crippen MR) is 82.1 cm³/mol. The molecule has 0 saturated carbocycles. The van der Waals surface area contributed by atoms with Crippen molar-refractivity contribution in [2.75, 3.05) is 6.54 Å². The molecule has 0 fully saturated rings. The first-order chi connectivity index (χ1) is 9.91. The molecule has 2 aromatic heterocycles. The smallest absolute Gasteiger partial charge is 0.190 e. The molecule has 0 saturated heterocycles. The molecule has 1 N–H and O–H groups in total. The van der Waals surface area contributed by atoms with Gasteiger partial charge in [-0.2, -0.15) is 5.10 Å². The second-order valence-electron chi connectivity index (χ2n) is 5.84. The third kappa shape index (κ3) is 3.29. The van der Waals surface area contributed by atoms with Crippen LogP contribution in [0.3, 0.4) is 0 Å². The zero-order valence-corrected chi connectivity index (χ0v) is 13.4. The van der Waals surface area contributed by atoms with E-state index in [9.17, 15) is 4.39 Å². The van der Waals surface area contributed by atoms with E-state index in [1.54, 1.807) is 16.9 Å². The highest BCUT2D eigenvalue weighted by Gasteiger charge is 2.16. The third-order valence-electron chi connectivity index (χ3n) is 3.67. The molecule has 21 heavy (non-hydrogen) atoms. The fourth-order valence-corrected chi connectivity index (χ4v) is 2.18. The van der Waals surface area contributed by atoms with Crippen molar-refractivity contribution in [1.82, 2.24) is 20.1 Å². The third-order valence-corrected chi connectivity index (χ3v) is 3.67. The molecule has 2 heterocycles. The summed E-state index contributed by atoms with van der Waals surface area (Å²) >= 11 is 0. The average Bonchev–Trinajstić information content (AvgIpc) is 2.68. The van der Waals surface area contributed by atoms with Crippen LogP contribution < -0.4 is 5.32 Å². The lowest BCUT2D eigenvalue weighted by Crippen LogP contribution is -2.20. The molecule has 5 heteroatoms. The quantitative estimate of drug-likeness (QED) is 0.920. The molecule has 0 unspecified atom stereocenters. The Morgan fingerprint density at radius 3 is 2.57 bits per heavy atom. The molecule has 2 rings (SSSR count). The molecule has 0 aliphatic rings. The molecule has 0 radical (unpaired) electrons. The zero-order chi connectivity index (χ0) is 15.6. The summed E-state index contributed by atoms with van der Waals surface area (Å²) in [4.78, 5) is 4.17. The molecule has 0 aromatic carbocycles. The number of rotatable bonds is 5. The summed E-state index contributed by atoms with van der Waals surface area (Å²) in [5.41, 5.74) is 3.51. The highest BCUT2D eigenvalue weighted by atomic mass is 19.1. The van der Waals surface area contributed by atoms with Crippen LogP contribution in [0.5, 0.6) is 0 Å². The van der Waals surface area contributed by atoms with Gasteiger partial charge in [-0.05, 0) is 44.9 Å². The standard InChI is InChI=1S/C16H23FN4/c1-10(2)8-18-9-14-6-7-19-16(15(14)17)21-13(5)11(3)12(4)20-21/h6-7,10,18H,8-9H2,1-5H3. The van der Waals surface area contributed by atoms with Crippen LogP contribution in [0.4, 0.5) is 4.39 Å². The minimum absolute atomic E-state index is 0.271. The zero-order valence-electron chi connectivity index (χ0n) is 13.4. The minimum atomic E-state index is -0.306. The van der Waals surface area contributed by atoms with Gasteiger partial charge in [0.25, 0.3) is 0 Å². The second kappa shape index (κ2) is 6.35. The number of nitrogens with one attached hydrogen (secondary N) is 1. The summed E-state index contributed by atoms with van der Waals surface area (Å²) in [6, 6.07) is 1.71. The molecule has 0 bridgehead atoms. The van der Waals surface area contributed by atoms with Gasteiger partial charge in [0.2, 0.25) is 0 Å². The van der Waals surface area contributed by atoms with Gasteiger partial charge in [-0.25, -0.2) is 14.1 Å². The van der Waals surface area contributed by atoms with E-state index < -0.39 is 0 Å². The Morgan fingerprint density at radius 2 is 2.00 bits per heavy atom. The van der Waals surface area contributed by atoms with Gasteiger partial charge in [0.1, 0.15) is 0 Å². The summed E-state index contributed by atoms with van der Waals surface area (Å²) in [7, 11) is 0. The Morgan fingerprint density at radius 1 is 1.29 bits per heavy atom. The lowest BCUT2D eigenvalue weighted by Gasteiger charge is -2.11. The second-order valence-corrected chi connectivity index (χ2v) is 5.84. The van der Waals surface area contributed by atoms with Gasteiger partial charge >= 0.3 is 0 Å². The van der Waals surface area contributed by atoms with Crippen LogP contribution in [0, 0.1) is 32.5 Å². The van der Waals surface area contributed by atoms with Crippen LogP contribution in [0.15, 0.2) is 12.3 Å². The van der Waals surface area contributed by atoms with Crippen LogP contribution in [-0.4, -0.2) is 21.3 Å². The maximum atomic E-state index is 14.6. The van der Waals surface area contributed by atoms with Gasteiger partial charge in [0, 0.05) is 24.0 Å². The summed E-state index contributed by atoms with van der Waals surface area (Å²) in [5.74, 6) is 0.500. The maximum absolute atomic E-state index is 14.6. The van der Waals surface area contributed by atoms with Crippen molar-refractivity contribution in [2.45, 2.75) is 41.2 Å². The van der Waals surface area contributed by atoms with Crippen LogP contribution >= 0.6 is 0 Å². The summed E-state index contributed by atoms with van der Waals surface area (Å²) in [5, 5.41) is 7.64. The van der Waals surface area contributed by atoms with E-state index in [1.165, 1.54) is 0 Å². The van der Waals surface area contributed by atoms with Crippen molar-refractivity contribution < 1.29 is 4.39 Å². The van der Waals surface area contributed by atoms with Gasteiger partial charge in [-0.15, -0.1) is 0 Å². The molecule has 0 spiro atoms. The number of hydrogen-bond donors (Lipinski definition) is 1. The Balaban J connectivity index is 2.31. The van der Waals surface area contributed by atoms with Gasteiger partial charge in [0.15, 0.2) is 11.6 Å². The number of hydrogen-bond acceptors (Lipinski definition) is 3. The Hall–Kier alpha value is -1.75. The summed E-state index contributed by atoms with van der Waals surface area (Å²) in [6.45, 7) is 11.4. The molecular formula is C16H23FN4. The van der Waals surface area contributed by atoms with Crippen molar-refractivity contribution in [2.24, 2.45) is 5.92 Å². The van der Waals surface area contributed by atoms with Crippen molar-refractivity contribution >= 4 is 0 Å². The van der Waals surface area contributed by atoms with Crippen LogP contribution in [0.2, 0.25) is 0 Å².